The minimum Gasteiger partial charge on any atom is -0.493 e. The summed E-state index contributed by atoms with van der Waals surface area (Å²) in [4.78, 5) is 10.9. The lowest BCUT2D eigenvalue weighted by molar-refractivity contribution is 0.0692. The monoisotopic (exact) mass is 335 g/mol. The summed E-state index contributed by atoms with van der Waals surface area (Å²) in [6.45, 7) is 6.94. The second-order valence-electron chi connectivity index (χ2n) is 5.37. The normalized spacial score (nSPS) is 12.2. The van der Waals surface area contributed by atoms with Crippen LogP contribution in [0.1, 0.15) is 38.1 Å². The Morgan fingerprint density at radius 1 is 1.38 bits per heavy atom. The first-order valence-corrected chi connectivity index (χ1v) is 8.07. The van der Waals surface area contributed by atoms with Gasteiger partial charge in [0.1, 0.15) is 16.2 Å². The van der Waals surface area contributed by atoms with Crippen molar-refractivity contribution in [3.63, 3.8) is 0 Å². The molecule has 0 spiro atoms. The number of nitrogens with one attached hydrogen (secondary N) is 1. The van der Waals surface area contributed by atoms with Crippen LogP contribution < -0.4 is 9.46 Å². The number of carboxylic acids is 1. The van der Waals surface area contributed by atoms with Gasteiger partial charge in [-0.2, -0.15) is 0 Å². The Morgan fingerprint density at radius 3 is 2.38 bits per heavy atom. The fourth-order valence-corrected chi connectivity index (χ4v) is 3.60. The summed E-state index contributed by atoms with van der Waals surface area (Å²) in [5.74, 6) is -1.26. The van der Waals surface area contributed by atoms with Gasteiger partial charge in [-0.25, -0.2) is 17.9 Å². The third kappa shape index (κ3) is 4.59. The van der Waals surface area contributed by atoms with Gasteiger partial charge in [0.25, 0.3) is 0 Å². The molecule has 0 aromatic heterocycles. The Balaban J connectivity index is 3.45. The number of hydrogen-bond donors (Lipinski definition) is 2. The minimum absolute atomic E-state index is 0.0321. The van der Waals surface area contributed by atoms with E-state index in [2.05, 4.69) is 4.72 Å². The fraction of sp³-hybridized carbons (Fsp3) is 0.462. The van der Waals surface area contributed by atoms with Crippen molar-refractivity contribution in [2.75, 3.05) is 6.61 Å². The summed E-state index contributed by atoms with van der Waals surface area (Å²) in [7, 11) is -3.94. The minimum atomic E-state index is -3.94. The number of halogens is 1. The van der Waals surface area contributed by atoms with Crippen molar-refractivity contribution in [2.24, 2.45) is 0 Å². The van der Waals surface area contributed by atoms with Gasteiger partial charge in [0.15, 0.2) is 0 Å². The molecular formula is C13H18ClNO5S. The standard InChI is InChI=1S/C13H18ClNO5S/c1-5-20-10-7-9(14)11(6-8(10)12(16)17)21(18,19)15-13(2,3)4/h6-7,15H,5H2,1-4H3,(H,16,17). The first-order chi connectivity index (χ1) is 9.48. The second kappa shape index (κ2) is 6.21. The number of benzene rings is 1. The zero-order chi connectivity index (χ0) is 16.4. The van der Waals surface area contributed by atoms with Crippen molar-refractivity contribution >= 4 is 27.6 Å². The van der Waals surface area contributed by atoms with E-state index in [0.717, 1.165) is 6.07 Å². The summed E-state index contributed by atoms with van der Waals surface area (Å²) in [5, 5.41) is 9.07. The van der Waals surface area contributed by atoms with Crippen LogP contribution in [0.2, 0.25) is 5.02 Å². The highest BCUT2D eigenvalue weighted by Gasteiger charge is 2.27. The van der Waals surface area contributed by atoms with Crippen molar-refractivity contribution < 1.29 is 23.1 Å². The summed E-state index contributed by atoms with van der Waals surface area (Å²) in [6, 6.07) is 2.20. The van der Waals surface area contributed by atoms with E-state index in [1.165, 1.54) is 6.07 Å². The Morgan fingerprint density at radius 2 is 1.95 bits per heavy atom. The van der Waals surface area contributed by atoms with Gasteiger partial charge in [-0.05, 0) is 33.8 Å². The van der Waals surface area contributed by atoms with E-state index >= 15 is 0 Å². The van der Waals surface area contributed by atoms with E-state index in [4.69, 9.17) is 21.4 Å². The molecule has 0 radical (unpaired) electrons. The molecule has 8 heteroatoms. The van der Waals surface area contributed by atoms with Gasteiger partial charge < -0.3 is 9.84 Å². The Labute approximate surface area is 129 Å². The Bertz CT molecular complexity index is 649. The van der Waals surface area contributed by atoms with Crippen molar-refractivity contribution in [3.8, 4) is 5.75 Å². The molecule has 0 bridgehead atoms. The van der Waals surface area contributed by atoms with Crippen LogP contribution in [-0.4, -0.2) is 31.6 Å². The molecule has 0 aliphatic carbocycles. The maximum absolute atomic E-state index is 12.3. The topological polar surface area (TPSA) is 92.7 Å². The number of hydrogen-bond acceptors (Lipinski definition) is 4. The van der Waals surface area contributed by atoms with Crippen LogP contribution in [0.4, 0.5) is 0 Å². The highest BCUT2D eigenvalue weighted by molar-refractivity contribution is 7.89. The smallest absolute Gasteiger partial charge is 0.339 e. The van der Waals surface area contributed by atoms with E-state index in [0.29, 0.717) is 0 Å². The van der Waals surface area contributed by atoms with Crippen LogP contribution in [0, 0.1) is 0 Å². The first kappa shape index (κ1) is 17.7. The maximum Gasteiger partial charge on any atom is 0.339 e. The highest BCUT2D eigenvalue weighted by atomic mass is 35.5. The molecule has 1 rings (SSSR count). The number of aromatic carboxylic acids is 1. The summed E-state index contributed by atoms with van der Waals surface area (Å²) < 4.78 is 32.2. The molecule has 0 saturated heterocycles. The maximum atomic E-state index is 12.3. The van der Waals surface area contributed by atoms with E-state index in [1.54, 1.807) is 27.7 Å². The van der Waals surface area contributed by atoms with Crippen LogP contribution in [-0.2, 0) is 10.0 Å². The number of carboxylic acid groups (broad SMARTS) is 1. The lowest BCUT2D eigenvalue weighted by Crippen LogP contribution is -2.40. The van der Waals surface area contributed by atoms with Gasteiger partial charge in [-0.15, -0.1) is 0 Å². The zero-order valence-electron chi connectivity index (χ0n) is 12.2. The second-order valence-corrected chi connectivity index (χ2v) is 7.43. The van der Waals surface area contributed by atoms with Crippen molar-refractivity contribution in [1.29, 1.82) is 0 Å². The van der Waals surface area contributed by atoms with Crippen LogP contribution in [0.3, 0.4) is 0 Å². The molecule has 2 N–H and O–H groups in total. The quantitative estimate of drug-likeness (QED) is 0.862. The summed E-state index contributed by atoms with van der Waals surface area (Å²) in [5.41, 5.74) is -0.972. The molecule has 21 heavy (non-hydrogen) atoms. The molecule has 118 valence electrons. The van der Waals surface area contributed by atoms with Gasteiger partial charge in [-0.3, -0.25) is 0 Å². The zero-order valence-corrected chi connectivity index (χ0v) is 13.8. The van der Waals surface area contributed by atoms with Gasteiger partial charge in [0.05, 0.1) is 11.6 Å². The molecule has 0 fully saturated rings. The molecule has 1 aromatic carbocycles. The largest absolute Gasteiger partial charge is 0.493 e. The average molecular weight is 336 g/mol. The fourth-order valence-electron chi connectivity index (χ4n) is 1.64. The number of carbonyl (C=O) groups is 1. The number of rotatable bonds is 5. The van der Waals surface area contributed by atoms with Crippen molar-refractivity contribution in [3.05, 3.63) is 22.7 Å². The molecule has 0 aliphatic heterocycles. The molecule has 0 heterocycles. The van der Waals surface area contributed by atoms with Gasteiger partial charge in [0, 0.05) is 11.6 Å². The molecule has 0 saturated carbocycles. The van der Waals surface area contributed by atoms with E-state index < -0.39 is 21.5 Å². The Hall–Kier alpha value is -1.31. The molecule has 0 amide bonds. The van der Waals surface area contributed by atoms with E-state index in [1.807, 2.05) is 0 Å². The molecule has 6 nitrogen and oxygen atoms in total. The summed E-state index contributed by atoms with van der Waals surface area (Å²) >= 11 is 5.96. The number of ether oxygens (including phenoxy) is 1. The molecular weight excluding hydrogens is 318 g/mol. The van der Waals surface area contributed by atoms with Crippen molar-refractivity contribution in [2.45, 2.75) is 38.1 Å². The summed E-state index contributed by atoms with van der Waals surface area (Å²) in [6.07, 6.45) is 0. The predicted octanol–water partition coefficient (Wildman–Crippen LogP) is 2.51. The predicted molar refractivity (Wildman–Crippen MR) is 79.7 cm³/mol. The Kier molecular flexibility index (Phi) is 5.25. The molecule has 0 atom stereocenters. The molecule has 1 aromatic rings. The molecule has 0 aliphatic rings. The average Bonchev–Trinajstić information content (AvgIpc) is 2.25. The third-order valence-corrected chi connectivity index (χ3v) is 4.52. The van der Waals surface area contributed by atoms with Crippen molar-refractivity contribution in [1.82, 2.24) is 4.72 Å². The van der Waals surface area contributed by atoms with Crippen LogP contribution >= 0.6 is 11.6 Å². The lowest BCUT2D eigenvalue weighted by atomic mass is 10.1. The van der Waals surface area contributed by atoms with E-state index in [9.17, 15) is 13.2 Å². The van der Waals surface area contributed by atoms with Crippen LogP contribution in [0.15, 0.2) is 17.0 Å². The van der Waals surface area contributed by atoms with Gasteiger partial charge in [-0.1, -0.05) is 11.6 Å². The first-order valence-electron chi connectivity index (χ1n) is 6.21. The van der Waals surface area contributed by atoms with E-state index in [-0.39, 0.29) is 27.8 Å². The van der Waals surface area contributed by atoms with Gasteiger partial charge in [0.2, 0.25) is 10.0 Å². The van der Waals surface area contributed by atoms with Crippen LogP contribution in [0.5, 0.6) is 5.75 Å². The number of sulfonamides is 1. The third-order valence-electron chi connectivity index (χ3n) is 2.29. The van der Waals surface area contributed by atoms with Crippen LogP contribution in [0.25, 0.3) is 0 Å². The lowest BCUT2D eigenvalue weighted by Gasteiger charge is -2.21. The van der Waals surface area contributed by atoms with Gasteiger partial charge >= 0.3 is 5.97 Å². The molecule has 0 unspecified atom stereocenters. The highest BCUT2D eigenvalue weighted by Crippen LogP contribution is 2.31. The SMILES string of the molecule is CCOc1cc(Cl)c(S(=O)(=O)NC(C)(C)C)cc1C(=O)O.